The Morgan fingerprint density at radius 3 is 2.84 bits per heavy atom. The minimum atomic E-state index is 0.0403. The molecular weight excluding hydrogens is 336 g/mol. The predicted octanol–water partition coefficient (Wildman–Crippen LogP) is 2.18. The first kappa shape index (κ1) is 17.8. The lowest BCUT2D eigenvalue weighted by Crippen LogP contribution is -2.34. The van der Waals surface area contributed by atoms with Gasteiger partial charge < -0.3 is 15.0 Å². The molecule has 1 amide bonds. The van der Waals surface area contributed by atoms with Crippen molar-refractivity contribution >= 4 is 17.7 Å². The number of amides is 1. The minimum Gasteiger partial charge on any atom is -0.497 e. The van der Waals surface area contributed by atoms with Crippen molar-refractivity contribution in [1.29, 1.82) is 0 Å². The summed E-state index contributed by atoms with van der Waals surface area (Å²) in [6, 6.07) is 8.49. The van der Waals surface area contributed by atoms with E-state index in [-0.39, 0.29) is 5.91 Å². The van der Waals surface area contributed by atoms with Crippen molar-refractivity contribution in [2.75, 3.05) is 33.0 Å². The van der Waals surface area contributed by atoms with Gasteiger partial charge >= 0.3 is 0 Å². The highest BCUT2D eigenvalue weighted by Crippen LogP contribution is 2.24. The Morgan fingerprint density at radius 2 is 2.16 bits per heavy atom. The van der Waals surface area contributed by atoms with E-state index >= 15 is 0 Å². The molecule has 2 aromatic rings. The number of ether oxygens (including phenoxy) is 1. The van der Waals surface area contributed by atoms with Crippen LogP contribution in [-0.4, -0.2) is 59.4 Å². The number of likely N-dealkylation sites (N-methyl/N-ethyl adjacent to an activating group) is 1. The van der Waals surface area contributed by atoms with E-state index in [1.165, 1.54) is 24.6 Å². The van der Waals surface area contributed by atoms with Crippen LogP contribution < -0.4 is 10.1 Å². The normalized spacial score (nSPS) is 13.9. The molecule has 1 fully saturated rings. The summed E-state index contributed by atoms with van der Waals surface area (Å²) in [4.78, 5) is 18.7. The Balaban J connectivity index is 1.48. The lowest BCUT2D eigenvalue weighted by molar-refractivity contribution is -0.118. The Bertz CT molecular complexity index is 697. The van der Waals surface area contributed by atoms with Gasteiger partial charge in [-0.2, -0.15) is 0 Å². The summed E-state index contributed by atoms with van der Waals surface area (Å²) in [5, 5.41) is 3.78. The van der Waals surface area contributed by atoms with E-state index < -0.39 is 0 Å². The predicted molar refractivity (Wildman–Crippen MR) is 99.5 cm³/mol. The van der Waals surface area contributed by atoms with E-state index in [0.717, 1.165) is 29.2 Å². The average Bonchev–Trinajstić information content (AvgIpc) is 3.38. The number of rotatable bonds is 9. The minimum absolute atomic E-state index is 0.0403. The fourth-order valence-electron chi connectivity index (χ4n) is 2.59. The molecule has 1 N–H and O–H groups in total. The maximum Gasteiger partial charge on any atom is 0.230 e. The Labute approximate surface area is 152 Å². The third kappa shape index (κ3) is 4.99. The number of nitrogens with one attached hydrogen (secondary N) is 1. The van der Waals surface area contributed by atoms with E-state index in [2.05, 4.69) is 22.2 Å². The van der Waals surface area contributed by atoms with Crippen LogP contribution >= 0.6 is 11.8 Å². The number of imidazole rings is 1. The molecule has 0 aliphatic heterocycles. The molecule has 0 saturated heterocycles. The quantitative estimate of drug-likeness (QED) is 0.695. The van der Waals surface area contributed by atoms with E-state index in [1.54, 1.807) is 13.3 Å². The second-order valence-corrected chi connectivity index (χ2v) is 7.07. The van der Waals surface area contributed by atoms with Gasteiger partial charge in [0.05, 0.1) is 12.9 Å². The van der Waals surface area contributed by atoms with E-state index in [0.29, 0.717) is 12.3 Å². The van der Waals surface area contributed by atoms with Crippen molar-refractivity contribution in [2.24, 2.45) is 0 Å². The van der Waals surface area contributed by atoms with Gasteiger partial charge in [0.15, 0.2) is 5.16 Å². The molecule has 1 heterocycles. The van der Waals surface area contributed by atoms with Crippen molar-refractivity contribution in [3.05, 3.63) is 36.7 Å². The first-order valence-electron chi connectivity index (χ1n) is 8.45. The highest BCUT2D eigenvalue weighted by Gasteiger charge is 2.25. The lowest BCUT2D eigenvalue weighted by Gasteiger charge is -2.15. The van der Waals surface area contributed by atoms with Crippen LogP contribution in [0.25, 0.3) is 5.69 Å². The van der Waals surface area contributed by atoms with Crippen molar-refractivity contribution in [3.63, 3.8) is 0 Å². The molecule has 0 spiro atoms. The fourth-order valence-corrected chi connectivity index (χ4v) is 3.39. The average molecular weight is 360 g/mol. The van der Waals surface area contributed by atoms with Gasteiger partial charge in [0, 0.05) is 37.2 Å². The number of carbonyl (C=O) groups is 1. The summed E-state index contributed by atoms with van der Waals surface area (Å²) in [7, 11) is 3.76. The number of benzene rings is 1. The molecule has 0 unspecified atom stereocenters. The number of methoxy groups -OCH3 is 1. The van der Waals surface area contributed by atoms with Crippen LogP contribution in [-0.2, 0) is 4.79 Å². The van der Waals surface area contributed by atoms with E-state index in [9.17, 15) is 4.79 Å². The number of hydrogen-bond donors (Lipinski definition) is 1. The van der Waals surface area contributed by atoms with Crippen LogP contribution in [0.3, 0.4) is 0 Å². The number of nitrogens with zero attached hydrogens (tertiary/aromatic N) is 3. The largest absolute Gasteiger partial charge is 0.497 e. The molecule has 0 atom stereocenters. The van der Waals surface area contributed by atoms with Crippen LogP contribution in [0.2, 0.25) is 0 Å². The van der Waals surface area contributed by atoms with E-state index in [4.69, 9.17) is 4.74 Å². The molecule has 25 heavy (non-hydrogen) atoms. The van der Waals surface area contributed by atoms with E-state index in [1.807, 2.05) is 35.0 Å². The summed E-state index contributed by atoms with van der Waals surface area (Å²) in [6.45, 7) is 1.60. The molecule has 7 heteroatoms. The molecule has 1 aliphatic rings. The number of thioether (sulfide) groups is 1. The third-order valence-corrected chi connectivity index (χ3v) is 5.21. The number of hydrogen-bond acceptors (Lipinski definition) is 5. The second-order valence-electron chi connectivity index (χ2n) is 6.13. The summed E-state index contributed by atoms with van der Waals surface area (Å²) in [5.41, 5.74) is 0.993. The topological polar surface area (TPSA) is 59.4 Å². The summed E-state index contributed by atoms with van der Waals surface area (Å²) >= 11 is 1.44. The maximum atomic E-state index is 12.0. The molecule has 1 aromatic carbocycles. The smallest absolute Gasteiger partial charge is 0.230 e. The molecule has 134 valence electrons. The van der Waals surface area contributed by atoms with Gasteiger partial charge in [0.25, 0.3) is 0 Å². The van der Waals surface area contributed by atoms with Crippen LogP contribution in [0.4, 0.5) is 0 Å². The molecule has 1 aromatic heterocycles. The van der Waals surface area contributed by atoms with Gasteiger partial charge in [-0.25, -0.2) is 4.98 Å². The van der Waals surface area contributed by atoms with Crippen molar-refractivity contribution in [2.45, 2.75) is 24.0 Å². The first-order chi connectivity index (χ1) is 12.2. The fraction of sp³-hybridized carbons (Fsp3) is 0.444. The zero-order chi connectivity index (χ0) is 17.6. The molecule has 1 aliphatic carbocycles. The highest BCUT2D eigenvalue weighted by atomic mass is 32.2. The van der Waals surface area contributed by atoms with Crippen molar-refractivity contribution < 1.29 is 9.53 Å². The van der Waals surface area contributed by atoms with Gasteiger partial charge in [0.1, 0.15) is 5.75 Å². The Hall–Kier alpha value is -1.99. The van der Waals surface area contributed by atoms with Gasteiger partial charge in [0.2, 0.25) is 5.91 Å². The monoisotopic (exact) mass is 360 g/mol. The molecule has 0 bridgehead atoms. The lowest BCUT2D eigenvalue weighted by atomic mass is 10.3. The highest BCUT2D eigenvalue weighted by molar-refractivity contribution is 7.99. The SMILES string of the molecule is COc1ccc(-n2ccnc2SCC(=O)NCCN(C)C2CC2)cc1. The van der Waals surface area contributed by atoms with Crippen LogP contribution in [0, 0.1) is 0 Å². The van der Waals surface area contributed by atoms with Gasteiger partial charge in [-0.05, 0) is 44.2 Å². The number of carbonyl (C=O) groups excluding carboxylic acids is 1. The zero-order valence-corrected chi connectivity index (χ0v) is 15.5. The molecule has 1 saturated carbocycles. The Kier molecular flexibility index (Phi) is 5.99. The third-order valence-electron chi connectivity index (χ3n) is 4.25. The van der Waals surface area contributed by atoms with Crippen molar-refractivity contribution in [3.8, 4) is 11.4 Å². The Morgan fingerprint density at radius 1 is 1.40 bits per heavy atom. The standard InChI is InChI=1S/C18H24N4O2S/c1-21(14-3-4-14)11-9-19-17(23)13-25-18-20-10-12-22(18)15-5-7-16(24-2)8-6-15/h5-8,10,12,14H,3-4,9,11,13H2,1-2H3,(H,19,23). The van der Waals surface area contributed by atoms with Crippen LogP contribution in [0.1, 0.15) is 12.8 Å². The van der Waals surface area contributed by atoms with Gasteiger partial charge in [-0.15, -0.1) is 0 Å². The molecular formula is C18H24N4O2S. The zero-order valence-electron chi connectivity index (χ0n) is 14.6. The van der Waals surface area contributed by atoms with Gasteiger partial charge in [-0.3, -0.25) is 9.36 Å². The number of aromatic nitrogens is 2. The second kappa shape index (κ2) is 8.40. The summed E-state index contributed by atoms with van der Waals surface area (Å²) < 4.78 is 7.15. The van der Waals surface area contributed by atoms with Crippen LogP contribution in [0.15, 0.2) is 41.8 Å². The molecule has 6 nitrogen and oxygen atoms in total. The van der Waals surface area contributed by atoms with Crippen LogP contribution in [0.5, 0.6) is 5.75 Å². The molecule has 3 rings (SSSR count). The van der Waals surface area contributed by atoms with Gasteiger partial charge in [-0.1, -0.05) is 11.8 Å². The summed E-state index contributed by atoms with van der Waals surface area (Å²) in [6.07, 6.45) is 6.21. The maximum absolute atomic E-state index is 12.0. The van der Waals surface area contributed by atoms with Crippen molar-refractivity contribution in [1.82, 2.24) is 19.8 Å². The summed E-state index contributed by atoms with van der Waals surface area (Å²) in [5.74, 6) is 1.22. The first-order valence-corrected chi connectivity index (χ1v) is 9.43. The molecule has 0 radical (unpaired) electrons.